The lowest BCUT2D eigenvalue weighted by Gasteiger charge is -2.29. The quantitative estimate of drug-likeness (QED) is 0.721. The van der Waals surface area contributed by atoms with Crippen LogP contribution < -0.4 is 0 Å². The van der Waals surface area contributed by atoms with Crippen LogP contribution in [0.5, 0.6) is 0 Å². The van der Waals surface area contributed by atoms with Crippen LogP contribution in [0.3, 0.4) is 0 Å². The molecule has 0 spiro atoms. The van der Waals surface area contributed by atoms with Gasteiger partial charge >= 0.3 is 0 Å². The summed E-state index contributed by atoms with van der Waals surface area (Å²) in [5.41, 5.74) is 0. The molecule has 0 unspecified atom stereocenters. The molecule has 0 N–H and O–H groups in total. The van der Waals surface area contributed by atoms with Gasteiger partial charge in [-0.25, -0.2) is 17.2 Å². The van der Waals surface area contributed by atoms with Gasteiger partial charge in [0.15, 0.2) is 0 Å². The molecule has 1 aromatic carbocycles. The molecular formula is C13H18ClF2NO2S. The van der Waals surface area contributed by atoms with Crippen molar-refractivity contribution in [2.45, 2.75) is 37.6 Å². The maximum absolute atomic E-state index is 13.7. The minimum absolute atomic E-state index is 0.0903. The maximum atomic E-state index is 13.7. The minimum atomic E-state index is -4.03. The van der Waals surface area contributed by atoms with E-state index in [4.69, 9.17) is 11.6 Å². The largest absolute Gasteiger partial charge is 0.246 e. The van der Waals surface area contributed by atoms with Gasteiger partial charge in [-0.3, -0.25) is 0 Å². The Balaban J connectivity index is 3.28. The summed E-state index contributed by atoms with van der Waals surface area (Å²) in [6, 6.07) is 2.19. The number of halogens is 3. The summed E-state index contributed by atoms with van der Waals surface area (Å²) in [5.74, 6) is -1.79. The van der Waals surface area contributed by atoms with E-state index < -0.39 is 26.6 Å². The summed E-state index contributed by atoms with van der Waals surface area (Å²) < 4.78 is 52.9. The van der Waals surface area contributed by atoms with Crippen molar-refractivity contribution < 1.29 is 17.2 Å². The number of nitrogens with zero attached hydrogens (tertiary/aromatic N) is 1. The zero-order valence-corrected chi connectivity index (χ0v) is 13.0. The second kappa shape index (κ2) is 7.33. The van der Waals surface area contributed by atoms with Gasteiger partial charge < -0.3 is 0 Å². The highest BCUT2D eigenvalue weighted by Gasteiger charge is 2.31. The molecule has 20 heavy (non-hydrogen) atoms. The lowest BCUT2D eigenvalue weighted by Crippen LogP contribution is -2.41. The molecule has 0 aliphatic rings. The van der Waals surface area contributed by atoms with Gasteiger partial charge in [-0.15, -0.1) is 11.6 Å². The fourth-order valence-electron chi connectivity index (χ4n) is 2.09. The predicted molar refractivity (Wildman–Crippen MR) is 75.3 cm³/mol. The SMILES string of the molecule is CCC(CC)N(CCCl)S(=O)(=O)c1ccc(F)cc1F. The van der Waals surface area contributed by atoms with Gasteiger partial charge in [0.05, 0.1) is 0 Å². The molecule has 114 valence electrons. The Morgan fingerprint density at radius 2 is 1.85 bits per heavy atom. The number of rotatable bonds is 7. The third-order valence-corrected chi connectivity index (χ3v) is 5.29. The molecule has 0 heterocycles. The maximum Gasteiger partial charge on any atom is 0.246 e. The minimum Gasteiger partial charge on any atom is -0.207 e. The van der Waals surface area contributed by atoms with Crippen LogP contribution in [0.15, 0.2) is 23.1 Å². The zero-order valence-electron chi connectivity index (χ0n) is 11.4. The van der Waals surface area contributed by atoms with Gasteiger partial charge in [0.25, 0.3) is 0 Å². The normalized spacial score (nSPS) is 12.3. The Kier molecular flexibility index (Phi) is 6.36. The first kappa shape index (κ1) is 17.3. The number of benzene rings is 1. The van der Waals surface area contributed by atoms with E-state index in [1.165, 1.54) is 4.31 Å². The molecule has 0 radical (unpaired) electrons. The molecule has 0 saturated carbocycles. The van der Waals surface area contributed by atoms with Crippen LogP contribution in [0.1, 0.15) is 26.7 Å². The standard InChI is InChI=1S/C13H18ClF2NO2S/c1-3-11(4-2)17(8-7-14)20(18,19)13-6-5-10(15)9-12(13)16/h5-6,9,11H,3-4,7-8H2,1-2H3. The summed E-state index contributed by atoms with van der Waals surface area (Å²) in [7, 11) is -4.03. The van der Waals surface area contributed by atoms with Crippen LogP contribution in [0, 0.1) is 11.6 Å². The van der Waals surface area contributed by atoms with Gasteiger partial charge in [-0.2, -0.15) is 4.31 Å². The Hall–Kier alpha value is -0.720. The average Bonchev–Trinajstić information content (AvgIpc) is 2.38. The second-order valence-corrected chi connectivity index (χ2v) is 6.59. The summed E-state index contributed by atoms with van der Waals surface area (Å²) in [6.07, 6.45) is 1.19. The van der Waals surface area contributed by atoms with E-state index in [0.717, 1.165) is 12.1 Å². The molecule has 0 amide bonds. The molecule has 0 atom stereocenters. The predicted octanol–water partition coefficient (Wildman–Crippen LogP) is 3.38. The second-order valence-electron chi connectivity index (χ2n) is 4.35. The van der Waals surface area contributed by atoms with Gasteiger partial charge in [0.1, 0.15) is 16.5 Å². The van der Waals surface area contributed by atoms with E-state index >= 15 is 0 Å². The third kappa shape index (κ3) is 3.68. The number of hydrogen-bond acceptors (Lipinski definition) is 2. The molecule has 3 nitrogen and oxygen atoms in total. The van der Waals surface area contributed by atoms with Gasteiger partial charge in [0.2, 0.25) is 10.0 Å². The van der Waals surface area contributed by atoms with E-state index in [1.54, 1.807) is 0 Å². The van der Waals surface area contributed by atoms with Crippen molar-refractivity contribution in [3.63, 3.8) is 0 Å². The molecule has 0 bridgehead atoms. The molecule has 7 heteroatoms. The van der Waals surface area contributed by atoms with E-state index in [2.05, 4.69) is 0 Å². The monoisotopic (exact) mass is 325 g/mol. The number of hydrogen-bond donors (Lipinski definition) is 0. The lowest BCUT2D eigenvalue weighted by molar-refractivity contribution is 0.315. The molecule has 1 aromatic rings. The Morgan fingerprint density at radius 1 is 1.25 bits per heavy atom. The Bertz CT molecular complexity index is 547. The smallest absolute Gasteiger partial charge is 0.207 e. The van der Waals surface area contributed by atoms with Crippen LogP contribution in [0.2, 0.25) is 0 Å². The van der Waals surface area contributed by atoms with Crippen LogP contribution in [0.25, 0.3) is 0 Å². The van der Waals surface area contributed by atoms with Gasteiger partial charge in [-0.1, -0.05) is 13.8 Å². The highest BCUT2D eigenvalue weighted by Crippen LogP contribution is 2.24. The van der Waals surface area contributed by atoms with Crippen molar-refractivity contribution in [1.82, 2.24) is 4.31 Å². The van der Waals surface area contributed by atoms with Crippen LogP contribution in [0.4, 0.5) is 8.78 Å². The topological polar surface area (TPSA) is 37.4 Å². The first-order valence-electron chi connectivity index (χ1n) is 6.41. The van der Waals surface area contributed by atoms with Crippen molar-refractivity contribution in [3.05, 3.63) is 29.8 Å². The molecule has 0 saturated heterocycles. The highest BCUT2D eigenvalue weighted by molar-refractivity contribution is 7.89. The molecule has 0 fully saturated rings. The van der Waals surface area contributed by atoms with E-state index in [1.807, 2.05) is 13.8 Å². The number of alkyl halides is 1. The Labute approximate surface area is 123 Å². The fourth-order valence-corrected chi connectivity index (χ4v) is 4.19. The molecule has 1 rings (SSSR count). The van der Waals surface area contributed by atoms with Crippen LogP contribution in [-0.4, -0.2) is 31.2 Å². The van der Waals surface area contributed by atoms with E-state index in [-0.39, 0.29) is 18.5 Å². The van der Waals surface area contributed by atoms with Crippen LogP contribution >= 0.6 is 11.6 Å². The summed E-state index contributed by atoms with van der Waals surface area (Å²) in [5, 5.41) is 0. The highest BCUT2D eigenvalue weighted by atomic mass is 35.5. The third-order valence-electron chi connectivity index (χ3n) is 3.14. The molecule has 0 aliphatic heterocycles. The van der Waals surface area contributed by atoms with Crippen molar-refractivity contribution >= 4 is 21.6 Å². The summed E-state index contributed by atoms with van der Waals surface area (Å²) in [6.45, 7) is 3.80. The average molecular weight is 326 g/mol. The molecule has 0 aromatic heterocycles. The molecular weight excluding hydrogens is 308 g/mol. The lowest BCUT2D eigenvalue weighted by atomic mass is 10.2. The van der Waals surface area contributed by atoms with Gasteiger partial charge in [-0.05, 0) is 25.0 Å². The zero-order chi connectivity index (χ0) is 15.3. The van der Waals surface area contributed by atoms with Gasteiger partial charge in [0, 0.05) is 24.5 Å². The summed E-state index contributed by atoms with van der Waals surface area (Å²) >= 11 is 5.65. The van der Waals surface area contributed by atoms with Crippen molar-refractivity contribution in [2.75, 3.05) is 12.4 Å². The first-order chi connectivity index (χ1) is 9.38. The number of sulfonamides is 1. The van der Waals surface area contributed by atoms with Crippen LogP contribution in [-0.2, 0) is 10.0 Å². The Morgan fingerprint density at radius 3 is 2.30 bits per heavy atom. The first-order valence-corrected chi connectivity index (χ1v) is 8.38. The van der Waals surface area contributed by atoms with E-state index in [9.17, 15) is 17.2 Å². The summed E-state index contributed by atoms with van der Waals surface area (Å²) in [4.78, 5) is -0.518. The van der Waals surface area contributed by atoms with E-state index in [0.29, 0.717) is 18.9 Å². The fraction of sp³-hybridized carbons (Fsp3) is 0.538. The van der Waals surface area contributed by atoms with Crippen molar-refractivity contribution in [2.24, 2.45) is 0 Å². The van der Waals surface area contributed by atoms with Crippen molar-refractivity contribution in [3.8, 4) is 0 Å². The van der Waals surface area contributed by atoms with Crippen molar-refractivity contribution in [1.29, 1.82) is 0 Å². The molecule has 0 aliphatic carbocycles.